The van der Waals surface area contributed by atoms with E-state index < -0.39 is 0 Å². The van der Waals surface area contributed by atoms with E-state index in [1.807, 2.05) is 0 Å². The third-order valence-electron chi connectivity index (χ3n) is 5.33. The lowest BCUT2D eigenvalue weighted by Gasteiger charge is -2.12. The first-order valence-electron chi connectivity index (χ1n) is 10.0. The van der Waals surface area contributed by atoms with Gasteiger partial charge in [0.15, 0.2) is 5.82 Å². The van der Waals surface area contributed by atoms with E-state index >= 15 is 0 Å². The van der Waals surface area contributed by atoms with Crippen LogP contribution in [0.3, 0.4) is 0 Å². The van der Waals surface area contributed by atoms with E-state index in [1.165, 1.54) is 0 Å². The number of anilines is 1. The minimum absolute atomic E-state index is 0.0305. The van der Waals surface area contributed by atoms with Gasteiger partial charge in [-0.25, -0.2) is 14.6 Å². The molecule has 0 saturated carbocycles. The lowest BCUT2D eigenvalue weighted by Crippen LogP contribution is -2.24. The molecular formula is C22H20N6O2. The Morgan fingerprint density at radius 2 is 2.00 bits per heavy atom. The van der Waals surface area contributed by atoms with Crippen molar-refractivity contribution in [2.45, 2.75) is 32.2 Å². The van der Waals surface area contributed by atoms with Gasteiger partial charge in [0.1, 0.15) is 5.82 Å². The van der Waals surface area contributed by atoms with Crippen LogP contribution in [0.25, 0.3) is 16.7 Å². The lowest BCUT2D eigenvalue weighted by atomic mass is 10.1. The van der Waals surface area contributed by atoms with Gasteiger partial charge in [0, 0.05) is 37.1 Å². The number of pyridine rings is 1. The molecule has 30 heavy (non-hydrogen) atoms. The highest BCUT2D eigenvalue weighted by atomic mass is 16.1. The van der Waals surface area contributed by atoms with Crippen LogP contribution in [0.5, 0.6) is 0 Å². The highest BCUT2D eigenvalue weighted by Crippen LogP contribution is 2.20. The number of benzene rings is 1. The number of fused-ring (bicyclic) bond motifs is 2. The largest absolute Gasteiger partial charge is 0.319 e. The highest BCUT2D eigenvalue weighted by Gasteiger charge is 2.16. The summed E-state index contributed by atoms with van der Waals surface area (Å²) in [5, 5.41) is 7.61. The van der Waals surface area contributed by atoms with Gasteiger partial charge in [-0.3, -0.25) is 14.2 Å². The molecule has 8 heteroatoms. The number of nitrogens with one attached hydrogen (secondary N) is 1. The van der Waals surface area contributed by atoms with Crippen molar-refractivity contribution in [1.29, 1.82) is 0 Å². The predicted octanol–water partition coefficient (Wildman–Crippen LogP) is 2.96. The van der Waals surface area contributed by atoms with Gasteiger partial charge >= 0.3 is 0 Å². The topological polar surface area (TPSA) is 94.7 Å². The van der Waals surface area contributed by atoms with Crippen LogP contribution in [0.15, 0.2) is 59.8 Å². The first-order valence-corrected chi connectivity index (χ1v) is 10.0. The van der Waals surface area contributed by atoms with Crippen molar-refractivity contribution in [3.63, 3.8) is 0 Å². The molecule has 0 aliphatic carbocycles. The number of aromatic nitrogens is 5. The summed E-state index contributed by atoms with van der Waals surface area (Å²) in [5.74, 6) is 1.03. The normalized spacial score (nSPS) is 13.6. The summed E-state index contributed by atoms with van der Waals surface area (Å²) >= 11 is 0. The molecule has 0 fully saturated rings. The molecule has 0 saturated heterocycles. The number of rotatable bonds is 3. The Labute approximate surface area is 172 Å². The van der Waals surface area contributed by atoms with E-state index in [0.717, 1.165) is 31.5 Å². The number of nitrogens with zero attached hydrogens (tertiary/aromatic N) is 5. The smallest absolute Gasteiger partial charge is 0.261 e. The van der Waals surface area contributed by atoms with Gasteiger partial charge < -0.3 is 5.32 Å². The molecule has 4 heterocycles. The molecule has 0 spiro atoms. The summed E-state index contributed by atoms with van der Waals surface area (Å²) in [4.78, 5) is 34.8. The highest BCUT2D eigenvalue weighted by molar-refractivity contribution is 6.06. The zero-order valence-corrected chi connectivity index (χ0v) is 16.3. The van der Waals surface area contributed by atoms with Gasteiger partial charge in [-0.1, -0.05) is 6.42 Å². The molecule has 1 aliphatic heterocycles. The van der Waals surface area contributed by atoms with E-state index in [4.69, 9.17) is 4.98 Å². The quantitative estimate of drug-likeness (QED) is 0.571. The van der Waals surface area contributed by atoms with Crippen molar-refractivity contribution in [3.8, 4) is 5.82 Å². The SMILES string of the molecule is O=C(Nc1cccnc1-n1cccn1)c1ccc2c(=O)n3c(nc2c1)CCCCC3. The van der Waals surface area contributed by atoms with E-state index in [0.29, 0.717) is 34.5 Å². The second kappa shape index (κ2) is 7.55. The zero-order chi connectivity index (χ0) is 20.5. The summed E-state index contributed by atoms with van der Waals surface area (Å²) in [6.07, 6.45) is 8.94. The summed E-state index contributed by atoms with van der Waals surface area (Å²) in [6, 6.07) is 10.3. The Bertz CT molecular complexity index is 1290. The number of hydrogen-bond donors (Lipinski definition) is 1. The molecule has 8 nitrogen and oxygen atoms in total. The number of aryl methyl sites for hydroxylation is 1. The van der Waals surface area contributed by atoms with Gasteiger partial charge in [0.05, 0.1) is 16.6 Å². The van der Waals surface area contributed by atoms with Crippen LogP contribution >= 0.6 is 0 Å². The second-order valence-electron chi connectivity index (χ2n) is 7.31. The zero-order valence-electron chi connectivity index (χ0n) is 16.3. The van der Waals surface area contributed by atoms with E-state index in [9.17, 15) is 9.59 Å². The average molecular weight is 400 g/mol. The first-order chi connectivity index (χ1) is 14.7. The summed E-state index contributed by atoms with van der Waals surface area (Å²) in [5.41, 5.74) is 1.50. The molecule has 1 amide bonds. The molecule has 1 aliphatic rings. The molecule has 4 aromatic rings. The fourth-order valence-electron chi connectivity index (χ4n) is 3.83. The minimum atomic E-state index is -0.296. The number of carbonyl (C=O) groups excluding carboxylic acids is 1. The molecule has 5 rings (SSSR count). The molecule has 3 aromatic heterocycles. The van der Waals surface area contributed by atoms with Gasteiger partial charge in [-0.2, -0.15) is 5.10 Å². The fraction of sp³-hybridized carbons (Fsp3) is 0.227. The first kappa shape index (κ1) is 18.2. The van der Waals surface area contributed by atoms with Crippen molar-refractivity contribution in [3.05, 3.63) is 76.7 Å². The van der Waals surface area contributed by atoms with Gasteiger partial charge in [-0.15, -0.1) is 0 Å². The average Bonchev–Trinajstić information content (AvgIpc) is 3.19. The predicted molar refractivity (Wildman–Crippen MR) is 113 cm³/mol. The van der Waals surface area contributed by atoms with Crippen LogP contribution in [0.4, 0.5) is 5.69 Å². The number of carbonyl (C=O) groups is 1. The molecule has 1 aromatic carbocycles. The Morgan fingerprint density at radius 3 is 2.87 bits per heavy atom. The monoisotopic (exact) mass is 400 g/mol. The molecule has 1 N–H and O–H groups in total. The maximum atomic E-state index is 12.9. The van der Waals surface area contributed by atoms with Crippen molar-refractivity contribution in [2.24, 2.45) is 0 Å². The van der Waals surface area contributed by atoms with Crippen molar-refractivity contribution in [2.75, 3.05) is 5.32 Å². The van der Waals surface area contributed by atoms with Crippen LogP contribution in [-0.2, 0) is 13.0 Å². The van der Waals surface area contributed by atoms with Crippen LogP contribution in [-0.4, -0.2) is 30.2 Å². The van der Waals surface area contributed by atoms with Crippen LogP contribution in [0.2, 0.25) is 0 Å². The molecule has 0 unspecified atom stereocenters. The third kappa shape index (κ3) is 3.26. The van der Waals surface area contributed by atoms with Crippen LogP contribution < -0.4 is 10.9 Å². The van der Waals surface area contributed by atoms with E-state index in [2.05, 4.69) is 15.4 Å². The van der Waals surface area contributed by atoms with Crippen LogP contribution in [0.1, 0.15) is 35.4 Å². The van der Waals surface area contributed by atoms with Gasteiger partial charge in [0.25, 0.3) is 11.5 Å². The minimum Gasteiger partial charge on any atom is -0.319 e. The maximum absolute atomic E-state index is 12.9. The van der Waals surface area contributed by atoms with E-state index in [1.54, 1.807) is 64.2 Å². The summed E-state index contributed by atoms with van der Waals surface area (Å²) in [6.45, 7) is 0.705. The Balaban J connectivity index is 1.50. The van der Waals surface area contributed by atoms with Crippen LogP contribution in [0, 0.1) is 0 Å². The third-order valence-corrected chi connectivity index (χ3v) is 5.33. The lowest BCUT2D eigenvalue weighted by molar-refractivity contribution is 0.102. The Kier molecular flexibility index (Phi) is 4.59. The van der Waals surface area contributed by atoms with Gasteiger partial charge in [-0.05, 0) is 49.2 Å². The summed E-state index contributed by atoms with van der Waals surface area (Å²) in [7, 11) is 0. The van der Waals surface area contributed by atoms with Crippen molar-refractivity contribution >= 4 is 22.5 Å². The van der Waals surface area contributed by atoms with Crippen molar-refractivity contribution < 1.29 is 4.79 Å². The second-order valence-corrected chi connectivity index (χ2v) is 7.31. The Morgan fingerprint density at radius 1 is 1.07 bits per heavy atom. The summed E-state index contributed by atoms with van der Waals surface area (Å²) < 4.78 is 3.37. The molecule has 150 valence electrons. The van der Waals surface area contributed by atoms with Crippen molar-refractivity contribution in [1.82, 2.24) is 24.3 Å². The molecule has 0 atom stereocenters. The Hall–Kier alpha value is -3.81. The molecule has 0 radical (unpaired) electrons. The number of amides is 1. The standard InChI is InChI=1S/C22H20N6O2/c29-21(26-17-6-4-10-23-20(17)28-13-5-11-24-28)15-8-9-16-18(14-15)25-19-7-2-1-3-12-27(19)22(16)30/h4-6,8-11,13-14H,1-3,7,12H2,(H,26,29). The van der Waals surface area contributed by atoms with Gasteiger partial charge in [0.2, 0.25) is 0 Å². The number of hydrogen-bond acceptors (Lipinski definition) is 5. The maximum Gasteiger partial charge on any atom is 0.261 e. The van der Waals surface area contributed by atoms with E-state index in [-0.39, 0.29) is 11.5 Å². The molecule has 0 bridgehead atoms. The fourth-order valence-corrected chi connectivity index (χ4v) is 3.83. The molecular weight excluding hydrogens is 380 g/mol.